The summed E-state index contributed by atoms with van der Waals surface area (Å²) in [5, 5.41) is 5.85. The number of hydrogen-bond donors (Lipinski definition) is 0. The number of aryl methyl sites for hydroxylation is 1. The predicted molar refractivity (Wildman–Crippen MR) is 132 cm³/mol. The molecule has 3 heterocycles. The summed E-state index contributed by atoms with van der Waals surface area (Å²) in [6, 6.07) is 17.4. The lowest BCUT2D eigenvalue weighted by atomic mass is 10.0. The Morgan fingerprint density at radius 2 is 1.70 bits per heavy atom. The lowest BCUT2D eigenvalue weighted by Crippen LogP contribution is -2.31. The molecular weight excluding hydrogens is 474 g/mol. The number of imide groups is 1. The van der Waals surface area contributed by atoms with Gasteiger partial charge in [0.05, 0.1) is 24.1 Å². The number of nitrogens with zero attached hydrogens (tertiary/aromatic N) is 3. The molecule has 188 valence electrons. The first-order valence-corrected chi connectivity index (χ1v) is 12.0. The van der Waals surface area contributed by atoms with E-state index in [1.165, 1.54) is 9.91 Å². The van der Waals surface area contributed by atoms with Crippen molar-refractivity contribution in [1.29, 1.82) is 0 Å². The summed E-state index contributed by atoms with van der Waals surface area (Å²) < 4.78 is 10.8. The van der Waals surface area contributed by atoms with Crippen LogP contribution in [0, 0.1) is 6.92 Å². The second-order valence-corrected chi connectivity index (χ2v) is 9.03. The number of likely N-dealkylation sites (tertiary alicyclic amines) is 1. The largest absolute Gasteiger partial charge is 0.467 e. The minimum absolute atomic E-state index is 0.163. The summed E-state index contributed by atoms with van der Waals surface area (Å²) in [6.07, 6.45) is 2.47. The average Bonchev–Trinajstić information content (AvgIpc) is 3.65. The smallest absolute Gasteiger partial charge is 0.338 e. The Morgan fingerprint density at radius 3 is 2.35 bits per heavy atom. The number of carbonyl (C=O) groups is 4. The van der Waals surface area contributed by atoms with Gasteiger partial charge >= 0.3 is 5.97 Å². The third-order valence-electron chi connectivity index (χ3n) is 6.43. The third-order valence-corrected chi connectivity index (χ3v) is 6.43. The Morgan fingerprint density at radius 1 is 1.00 bits per heavy atom. The van der Waals surface area contributed by atoms with E-state index >= 15 is 0 Å². The van der Waals surface area contributed by atoms with E-state index in [0.717, 1.165) is 16.8 Å². The van der Waals surface area contributed by atoms with E-state index in [9.17, 15) is 19.2 Å². The molecule has 0 N–H and O–H groups in total. The number of carbonyl (C=O) groups excluding carboxylic acids is 4. The lowest BCUT2D eigenvalue weighted by Gasteiger charge is -2.19. The van der Waals surface area contributed by atoms with Gasteiger partial charge in [0.15, 0.2) is 6.61 Å². The van der Waals surface area contributed by atoms with E-state index in [0.29, 0.717) is 17.7 Å². The van der Waals surface area contributed by atoms with E-state index in [1.54, 1.807) is 42.7 Å². The summed E-state index contributed by atoms with van der Waals surface area (Å²) in [5.74, 6) is -0.940. The molecule has 9 nitrogen and oxygen atoms in total. The van der Waals surface area contributed by atoms with Crippen molar-refractivity contribution in [2.24, 2.45) is 5.10 Å². The van der Waals surface area contributed by atoms with Crippen LogP contribution in [0.25, 0.3) is 0 Å². The summed E-state index contributed by atoms with van der Waals surface area (Å²) in [7, 11) is 0. The number of benzene rings is 2. The van der Waals surface area contributed by atoms with Gasteiger partial charge in [-0.25, -0.2) is 9.80 Å². The van der Waals surface area contributed by atoms with Crippen LogP contribution < -0.4 is 0 Å². The summed E-state index contributed by atoms with van der Waals surface area (Å²) in [4.78, 5) is 50.5. The van der Waals surface area contributed by atoms with Gasteiger partial charge in [0.2, 0.25) is 11.8 Å². The molecule has 2 aromatic carbocycles. The number of hydrazone groups is 1. The van der Waals surface area contributed by atoms with E-state index in [4.69, 9.17) is 9.15 Å². The molecule has 1 fully saturated rings. The summed E-state index contributed by atoms with van der Waals surface area (Å²) >= 11 is 0. The molecule has 0 aliphatic carbocycles. The van der Waals surface area contributed by atoms with Crippen LogP contribution >= 0.6 is 0 Å². The first kappa shape index (κ1) is 24.2. The Balaban J connectivity index is 1.23. The maximum Gasteiger partial charge on any atom is 0.338 e. The van der Waals surface area contributed by atoms with Crippen LogP contribution in [-0.2, 0) is 25.7 Å². The quantitative estimate of drug-likeness (QED) is 0.362. The zero-order chi connectivity index (χ0) is 25.9. The number of rotatable bonds is 7. The van der Waals surface area contributed by atoms with Gasteiger partial charge in [-0.05, 0) is 42.3 Å². The molecule has 5 rings (SSSR count). The number of hydrogen-bond acceptors (Lipinski definition) is 7. The van der Waals surface area contributed by atoms with Gasteiger partial charge in [-0.1, -0.05) is 42.0 Å². The molecule has 1 atom stereocenters. The third kappa shape index (κ3) is 5.20. The number of esters is 1. The number of amides is 3. The highest BCUT2D eigenvalue weighted by Crippen LogP contribution is 2.33. The van der Waals surface area contributed by atoms with Crippen LogP contribution in [0.1, 0.15) is 58.1 Å². The first-order chi connectivity index (χ1) is 17.9. The fourth-order valence-corrected chi connectivity index (χ4v) is 4.37. The van der Waals surface area contributed by atoms with Crippen LogP contribution in [0.15, 0.2) is 76.4 Å². The van der Waals surface area contributed by atoms with Gasteiger partial charge < -0.3 is 9.15 Å². The highest BCUT2D eigenvalue weighted by molar-refractivity contribution is 6.03. The van der Waals surface area contributed by atoms with Crippen molar-refractivity contribution in [3.8, 4) is 0 Å². The molecule has 1 saturated heterocycles. The van der Waals surface area contributed by atoms with E-state index in [-0.39, 0.29) is 36.8 Å². The van der Waals surface area contributed by atoms with Crippen molar-refractivity contribution < 1.29 is 28.3 Å². The Kier molecular flexibility index (Phi) is 6.68. The van der Waals surface area contributed by atoms with Gasteiger partial charge in [-0.15, -0.1) is 0 Å². The van der Waals surface area contributed by atoms with Gasteiger partial charge in [0.25, 0.3) is 5.91 Å². The molecular formula is C28H25N3O6. The standard InChI is InChI=1S/C28H25N3O6/c1-18-4-8-20(9-5-18)22-15-23(24-3-2-14-36-24)31(29-22)27(34)17-37-28(35)21-10-6-19(7-11-21)16-30-25(32)12-13-26(30)33/h2-11,14,23H,12-13,15-17H2,1H3. The minimum atomic E-state index is -0.662. The van der Waals surface area contributed by atoms with Crippen molar-refractivity contribution in [3.05, 3.63) is 94.9 Å². The molecule has 0 bridgehead atoms. The van der Waals surface area contributed by atoms with Crippen molar-refractivity contribution >= 4 is 29.4 Å². The molecule has 2 aliphatic rings. The van der Waals surface area contributed by atoms with Gasteiger partial charge in [0, 0.05) is 19.3 Å². The summed E-state index contributed by atoms with van der Waals surface area (Å²) in [5.41, 5.74) is 3.74. The number of furan rings is 1. The fraction of sp³-hybridized carbons (Fsp3) is 0.250. The topological polar surface area (TPSA) is 109 Å². The van der Waals surface area contributed by atoms with Crippen LogP contribution in [-0.4, -0.2) is 45.9 Å². The monoisotopic (exact) mass is 499 g/mol. The zero-order valence-corrected chi connectivity index (χ0v) is 20.3. The minimum Gasteiger partial charge on any atom is -0.467 e. The van der Waals surface area contributed by atoms with Crippen molar-refractivity contribution in [3.63, 3.8) is 0 Å². The molecule has 37 heavy (non-hydrogen) atoms. The summed E-state index contributed by atoms with van der Waals surface area (Å²) in [6.45, 7) is 1.67. The van der Waals surface area contributed by atoms with Gasteiger partial charge in [0.1, 0.15) is 11.8 Å². The fourth-order valence-electron chi connectivity index (χ4n) is 4.37. The molecule has 1 unspecified atom stereocenters. The molecule has 9 heteroatoms. The van der Waals surface area contributed by atoms with E-state index < -0.39 is 24.5 Å². The molecule has 0 spiro atoms. The Bertz CT molecular complexity index is 1340. The normalized spacial score (nSPS) is 17.3. The highest BCUT2D eigenvalue weighted by atomic mass is 16.5. The number of ether oxygens (including phenoxy) is 1. The predicted octanol–water partition coefficient (Wildman–Crippen LogP) is 3.77. The first-order valence-electron chi connectivity index (χ1n) is 12.0. The average molecular weight is 500 g/mol. The Labute approximate surface area is 213 Å². The SMILES string of the molecule is Cc1ccc(C2=NN(C(=O)COC(=O)c3ccc(CN4C(=O)CCC4=O)cc3)C(c3ccco3)C2)cc1. The van der Waals surface area contributed by atoms with Crippen molar-refractivity contribution in [2.75, 3.05) is 6.61 Å². The maximum absolute atomic E-state index is 13.1. The molecule has 0 saturated carbocycles. The van der Waals surface area contributed by atoms with Gasteiger partial charge in [-0.3, -0.25) is 19.3 Å². The Hall–Kier alpha value is -4.53. The van der Waals surface area contributed by atoms with Crippen molar-refractivity contribution in [1.82, 2.24) is 9.91 Å². The highest BCUT2D eigenvalue weighted by Gasteiger charge is 2.35. The lowest BCUT2D eigenvalue weighted by molar-refractivity contribution is -0.139. The maximum atomic E-state index is 13.1. The second-order valence-electron chi connectivity index (χ2n) is 9.03. The van der Waals surface area contributed by atoms with Crippen LogP contribution in [0.5, 0.6) is 0 Å². The second kappa shape index (κ2) is 10.2. The van der Waals surface area contributed by atoms with Crippen LogP contribution in [0.4, 0.5) is 0 Å². The molecule has 2 aliphatic heterocycles. The molecule has 0 radical (unpaired) electrons. The molecule has 3 amide bonds. The zero-order valence-electron chi connectivity index (χ0n) is 20.3. The van der Waals surface area contributed by atoms with E-state index in [1.807, 2.05) is 31.2 Å². The molecule has 3 aromatic rings. The van der Waals surface area contributed by atoms with Crippen LogP contribution in [0.3, 0.4) is 0 Å². The van der Waals surface area contributed by atoms with Gasteiger partial charge in [-0.2, -0.15) is 5.10 Å². The molecule has 1 aromatic heterocycles. The van der Waals surface area contributed by atoms with Crippen LogP contribution in [0.2, 0.25) is 0 Å². The van der Waals surface area contributed by atoms with E-state index in [2.05, 4.69) is 5.10 Å². The van der Waals surface area contributed by atoms with Crippen molar-refractivity contribution in [2.45, 2.75) is 38.8 Å².